The summed E-state index contributed by atoms with van der Waals surface area (Å²) in [5, 5.41) is 22.4. The van der Waals surface area contributed by atoms with Crippen LogP contribution in [0.15, 0.2) is 57.7 Å². The van der Waals surface area contributed by atoms with E-state index in [1.165, 1.54) is 12.1 Å². The van der Waals surface area contributed by atoms with Gasteiger partial charge in [0, 0.05) is 35.4 Å². The van der Waals surface area contributed by atoms with E-state index in [-0.39, 0.29) is 63.0 Å². The van der Waals surface area contributed by atoms with E-state index in [2.05, 4.69) is 0 Å². The number of nitrogens with zero attached hydrogens (tertiary/aromatic N) is 1. The summed E-state index contributed by atoms with van der Waals surface area (Å²) < 4.78 is 44.3. The Labute approximate surface area is 237 Å². The summed E-state index contributed by atoms with van der Waals surface area (Å²) in [6.07, 6.45) is -5.56. The molecule has 12 nitrogen and oxygen atoms in total. The van der Waals surface area contributed by atoms with Crippen molar-refractivity contribution in [3.8, 4) is 28.2 Å². The van der Waals surface area contributed by atoms with Gasteiger partial charge in [-0.2, -0.15) is 13.2 Å². The summed E-state index contributed by atoms with van der Waals surface area (Å²) >= 11 is 0. The molecule has 2 aromatic rings. The van der Waals surface area contributed by atoms with Gasteiger partial charge in [0.05, 0.1) is 23.2 Å². The predicted molar refractivity (Wildman–Crippen MR) is 138 cm³/mol. The van der Waals surface area contributed by atoms with Crippen LogP contribution in [0.25, 0.3) is 33.4 Å². The molecule has 0 spiro atoms. The maximum absolute atomic E-state index is 12.9. The molecule has 0 atom stereocenters. The molecule has 1 fully saturated rings. The van der Waals surface area contributed by atoms with Crippen LogP contribution in [0.1, 0.15) is 39.1 Å². The first-order chi connectivity index (χ1) is 20.3. The van der Waals surface area contributed by atoms with Gasteiger partial charge in [-0.25, -0.2) is 9.59 Å². The molecule has 1 aliphatic carbocycles. The van der Waals surface area contributed by atoms with E-state index in [9.17, 15) is 52.2 Å². The van der Waals surface area contributed by atoms with Crippen LogP contribution in [0.4, 0.5) is 13.2 Å². The first kappa shape index (κ1) is 28.8. The van der Waals surface area contributed by atoms with E-state index < -0.39 is 53.6 Å². The van der Waals surface area contributed by atoms with Gasteiger partial charge < -0.3 is 24.8 Å². The fraction of sp³-hybridized carbons (Fsp3) is 0.143. The van der Waals surface area contributed by atoms with Gasteiger partial charge in [0.25, 0.3) is 11.8 Å². The number of carbonyl (C=O) groups excluding carboxylic acids is 4. The zero-order valence-electron chi connectivity index (χ0n) is 21.5. The second-order valence-corrected chi connectivity index (χ2v) is 9.28. The van der Waals surface area contributed by atoms with Gasteiger partial charge in [0.2, 0.25) is 0 Å². The number of imide groups is 1. The minimum absolute atomic E-state index is 0.0260. The van der Waals surface area contributed by atoms with Crippen LogP contribution in [-0.2, 0) is 25.8 Å². The van der Waals surface area contributed by atoms with E-state index in [4.69, 9.17) is 9.25 Å². The van der Waals surface area contributed by atoms with Gasteiger partial charge in [-0.05, 0) is 48.0 Å². The molecular weight excluding hydrogens is 581 g/mol. The van der Waals surface area contributed by atoms with Crippen molar-refractivity contribution in [1.82, 2.24) is 10.4 Å². The largest absolute Gasteiger partial charge is 0.507 e. The highest BCUT2D eigenvalue weighted by Crippen LogP contribution is 2.44. The van der Waals surface area contributed by atoms with Crippen molar-refractivity contribution in [2.45, 2.75) is 25.6 Å². The SMILES string of the molecule is O=C(ON1C(=O)CCC1=O)c1ccc(C(=O)O)c(-c2c3ccc(=O)cc-3oc3c(CNC(=O)C(F)(F)F)c(O)ccc23)c1. The summed E-state index contributed by atoms with van der Waals surface area (Å²) in [6.45, 7) is -0.872. The number of amides is 3. The zero-order chi connectivity index (χ0) is 31.2. The number of carboxylic acids is 1. The van der Waals surface area contributed by atoms with Gasteiger partial charge in [-0.15, -0.1) is 5.06 Å². The smallest absolute Gasteiger partial charge is 0.471 e. The quantitative estimate of drug-likeness (QED) is 0.220. The normalized spacial score (nSPS) is 13.5. The van der Waals surface area contributed by atoms with Crippen molar-refractivity contribution in [2.75, 3.05) is 0 Å². The molecule has 0 bridgehead atoms. The van der Waals surface area contributed by atoms with E-state index in [1.807, 2.05) is 0 Å². The number of rotatable bonds is 6. The number of carboxylic acid groups (broad SMARTS) is 1. The second-order valence-electron chi connectivity index (χ2n) is 9.28. The Balaban J connectivity index is 1.74. The number of phenolic OH excluding ortho intramolecular Hbond substituents is 1. The van der Waals surface area contributed by atoms with Crippen LogP contribution < -0.4 is 10.7 Å². The number of fused-ring (bicyclic) bond motifs is 2. The fourth-order valence-electron chi connectivity index (χ4n) is 4.57. The standard InChI is InChI=1S/C28H17F3N2O10/c29-28(30,31)27(41)32-11-18-19(35)6-5-16-23(15-4-2-13(34)10-20(15)42-24(16)18)17-9-12(1-3-14(17)25(38)39)26(40)43-33-21(36)7-8-22(33)37/h1-6,9-10,35H,7-8,11H2,(H,32,41)(H,38,39). The monoisotopic (exact) mass is 598 g/mol. The Morgan fingerprint density at radius 3 is 2.30 bits per heavy atom. The van der Waals surface area contributed by atoms with E-state index in [0.29, 0.717) is 5.06 Å². The molecule has 2 aromatic carbocycles. The summed E-state index contributed by atoms with van der Waals surface area (Å²) in [5.41, 5.74) is -1.82. The van der Waals surface area contributed by atoms with Crippen LogP contribution in [0, 0.1) is 0 Å². The summed E-state index contributed by atoms with van der Waals surface area (Å²) in [5.74, 6) is -7.19. The number of hydroxylamine groups is 2. The lowest BCUT2D eigenvalue weighted by Gasteiger charge is -2.19. The Kier molecular flexibility index (Phi) is 7.09. The molecule has 1 saturated heterocycles. The molecule has 5 rings (SSSR count). The molecule has 3 amide bonds. The molecule has 0 unspecified atom stereocenters. The molecule has 0 saturated carbocycles. The number of hydrogen-bond donors (Lipinski definition) is 3. The Morgan fingerprint density at radius 1 is 0.953 bits per heavy atom. The highest BCUT2D eigenvalue weighted by molar-refractivity contribution is 6.10. The summed E-state index contributed by atoms with van der Waals surface area (Å²) in [6, 6.07) is 9.02. The topological polar surface area (TPSA) is 181 Å². The van der Waals surface area contributed by atoms with Crippen LogP contribution in [-0.4, -0.2) is 51.1 Å². The number of benzene rings is 3. The lowest BCUT2D eigenvalue weighted by molar-refractivity contribution is -0.173. The first-order valence-electron chi connectivity index (χ1n) is 12.3. The van der Waals surface area contributed by atoms with Crippen molar-refractivity contribution >= 4 is 40.6 Å². The Morgan fingerprint density at radius 2 is 1.65 bits per heavy atom. The minimum Gasteiger partial charge on any atom is -0.507 e. The van der Waals surface area contributed by atoms with Crippen molar-refractivity contribution in [3.05, 3.63) is 75.4 Å². The van der Waals surface area contributed by atoms with Crippen LogP contribution >= 0.6 is 0 Å². The van der Waals surface area contributed by atoms with Crippen molar-refractivity contribution in [2.24, 2.45) is 0 Å². The molecule has 3 N–H and O–H groups in total. The number of phenols is 1. The molecule has 2 heterocycles. The number of carbonyl (C=O) groups is 5. The van der Waals surface area contributed by atoms with Crippen molar-refractivity contribution in [1.29, 1.82) is 0 Å². The number of nitrogens with one attached hydrogen (secondary N) is 1. The number of aromatic hydroxyl groups is 1. The number of hydrogen-bond acceptors (Lipinski definition) is 9. The Hall–Kier alpha value is -5.73. The van der Waals surface area contributed by atoms with Gasteiger partial charge >= 0.3 is 24.0 Å². The lowest BCUT2D eigenvalue weighted by Crippen LogP contribution is -2.36. The summed E-state index contributed by atoms with van der Waals surface area (Å²) in [7, 11) is 0. The molecule has 2 aliphatic heterocycles. The lowest BCUT2D eigenvalue weighted by atomic mass is 9.89. The number of alkyl halides is 3. The summed E-state index contributed by atoms with van der Waals surface area (Å²) in [4.78, 5) is 77.6. The minimum atomic E-state index is -5.23. The van der Waals surface area contributed by atoms with Crippen LogP contribution in [0.3, 0.4) is 0 Å². The van der Waals surface area contributed by atoms with Gasteiger partial charge in [0.1, 0.15) is 17.1 Å². The highest BCUT2D eigenvalue weighted by Gasteiger charge is 2.39. The van der Waals surface area contributed by atoms with Crippen LogP contribution in [0.2, 0.25) is 0 Å². The Bertz CT molecular complexity index is 1880. The van der Waals surface area contributed by atoms with E-state index >= 15 is 0 Å². The second kappa shape index (κ2) is 10.6. The molecular formula is C28H17F3N2O10. The van der Waals surface area contributed by atoms with E-state index in [0.717, 1.165) is 36.4 Å². The third-order valence-corrected chi connectivity index (χ3v) is 6.56. The van der Waals surface area contributed by atoms with Crippen molar-refractivity contribution in [3.63, 3.8) is 0 Å². The third-order valence-electron chi connectivity index (χ3n) is 6.56. The molecule has 15 heteroatoms. The van der Waals surface area contributed by atoms with Crippen molar-refractivity contribution < 1.29 is 56.6 Å². The number of halogens is 3. The molecule has 0 aromatic heterocycles. The maximum atomic E-state index is 12.9. The number of aromatic carboxylic acids is 1. The predicted octanol–water partition coefficient (Wildman–Crippen LogP) is 3.37. The average Bonchev–Trinajstić information content (AvgIpc) is 3.26. The molecule has 220 valence electrons. The first-order valence-corrected chi connectivity index (χ1v) is 12.3. The molecule has 3 aliphatic rings. The molecule has 43 heavy (non-hydrogen) atoms. The van der Waals surface area contributed by atoms with Crippen LogP contribution in [0.5, 0.6) is 5.75 Å². The fourth-order valence-corrected chi connectivity index (χ4v) is 4.57. The van der Waals surface area contributed by atoms with Gasteiger partial charge in [-0.1, -0.05) is 0 Å². The molecule has 0 radical (unpaired) electrons. The highest BCUT2D eigenvalue weighted by atomic mass is 19.4. The third kappa shape index (κ3) is 5.35. The van der Waals surface area contributed by atoms with Gasteiger partial charge in [0.15, 0.2) is 5.43 Å². The van der Waals surface area contributed by atoms with Gasteiger partial charge in [-0.3, -0.25) is 19.2 Å². The van der Waals surface area contributed by atoms with E-state index in [1.54, 1.807) is 5.32 Å². The maximum Gasteiger partial charge on any atom is 0.471 e. The average molecular weight is 598 g/mol. The zero-order valence-corrected chi connectivity index (χ0v) is 21.5.